The van der Waals surface area contributed by atoms with E-state index in [1.54, 1.807) is 11.3 Å². The van der Waals surface area contributed by atoms with Gasteiger partial charge in [-0.25, -0.2) is 13.4 Å². The van der Waals surface area contributed by atoms with Crippen LogP contribution in [-0.4, -0.2) is 51.2 Å². The van der Waals surface area contributed by atoms with Gasteiger partial charge in [0, 0.05) is 24.1 Å². The second kappa shape index (κ2) is 8.51. The topological polar surface area (TPSA) is 79.8 Å². The Morgan fingerprint density at radius 3 is 3.00 bits per heavy atom. The van der Waals surface area contributed by atoms with Crippen LogP contribution in [0, 0.1) is 5.92 Å². The minimum atomic E-state index is -2.84. The number of rotatable bonds is 5. The van der Waals surface area contributed by atoms with Crippen molar-refractivity contribution in [1.29, 1.82) is 0 Å². The molecular formula is C17H27N3O3S2. The highest BCUT2D eigenvalue weighted by Crippen LogP contribution is 2.18. The number of hydrogen-bond acceptors (Lipinski definition) is 5. The van der Waals surface area contributed by atoms with Gasteiger partial charge in [-0.2, -0.15) is 0 Å². The normalized spacial score (nSPS) is 29.5. The van der Waals surface area contributed by atoms with Crippen LogP contribution in [0.25, 0.3) is 0 Å². The molecule has 1 aromatic rings. The van der Waals surface area contributed by atoms with E-state index in [4.69, 9.17) is 9.73 Å². The van der Waals surface area contributed by atoms with Gasteiger partial charge in [-0.1, -0.05) is 6.07 Å². The first kappa shape index (κ1) is 18.7. The number of nitrogens with one attached hydrogen (secondary N) is 2. The lowest BCUT2D eigenvalue weighted by Crippen LogP contribution is -2.48. The third-order valence-electron chi connectivity index (χ3n) is 4.68. The lowest BCUT2D eigenvalue weighted by Gasteiger charge is -2.29. The van der Waals surface area contributed by atoms with E-state index in [0.717, 1.165) is 31.8 Å². The molecule has 0 bridgehead atoms. The lowest BCUT2D eigenvalue weighted by molar-refractivity contribution is 0.0165. The van der Waals surface area contributed by atoms with E-state index in [9.17, 15) is 8.42 Å². The fraction of sp³-hybridized carbons (Fsp3) is 0.706. The van der Waals surface area contributed by atoms with Crippen molar-refractivity contribution in [2.75, 3.05) is 24.7 Å². The van der Waals surface area contributed by atoms with Crippen LogP contribution in [-0.2, 0) is 21.1 Å². The Bertz CT molecular complexity index is 673. The lowest BCUT2D eigenvalue weighted by atomic mass is 10.0. The smallest absolute Gasteiger partial charge is 0.191 e. The summed E-state index contributed by atoms with van der Waals surface area (Å²) < 4.78 is 28.9. The number of guanidine groups is 1. The van der Waals surface area contributed by atoms with E-state index < -0.39 is 9.84 Å². The molecule has 1 aromatic heterocycles. The summed E-state index contributed by atoms with van der Waals surface area (Å²) in [5, 5.41) is 8.92. The maximum Gasteiger partial charge on any atom is 0.191 e. The first-order valence-corrected chi connectivity index (χ1v) is 11.6. The van der Waals surface area contributed by atoms with Gasteiger partial charge in [0.05, 0.1) is 24.2 Å². The molecule has 2 aliphatic rings. The highest BCUT2D eigenvalue weighted by Gasteiger charge is 2.28. The molecule has 3 atom stereocenters. The number of hydrogen-bond donors (Lipinski definition) is 2. The van der Waals surface area contributed by atoms with Gasteiger partial charge in [0.15, 0.2) is 15.8 Å². The second-order valence-corrected chi connectivity index (χ2v) is 10.2. The van der Waals surface area contributed by atoms with Gasteiger partial charge in [-0.3, -0.25) is 0 Å². The molecule has 3 unspecified atom stereocenters. The van der Waals surface area contributed by atoms with Crippen LogP contribution in [0.4, 0.5) is 0 Å². The van der Waals surface area contributed by atoms with Gasteiger partial charge in [-0.15, -0.1) is 11.3 Å². The first-order chi connectivity index (χ1) is 12.0. The second-order valence-electron chi connectivity index (χ2n) is 6.94. The molecule has 3 heterocycles. The van der Waals surface area contributed by atoms with Crippen molar-refractivity contribution in [3.63, 3.8) is 0 Å². The molecule has 8 heteroatoms. The molecule has 0 saturated carbocycles. The van der Waals surface area contributed by atoms with Crippen molar-refractivity contribution in [2.45, 2.75) is 44.9 Å². The zero-order valence-electron chi connectivity index (χ0n) is 14.6. The third kappa shape index (κ3) is 5.97. The highest BCUT2D eigenvalue weighted by atomic mass is 32.2. The van der Waals surface area contributed by atoms with Gasteiger partial charge >= 0.3 is 0 Å². The van der Waals surface area contributed by atoms with Crippen LogP contribution < -0.4 is 10.6 Å². The molecule has 25 heavy (non-hydrogen) atoms. The Morgan fingerprint density at radius 1 is 1.44 bits per heavy atom. The standard InChI is InChI=1S/C17H27N3O3S2/c1-13-9-15(4-6-23-13)20-17(19-11-16-3-2-7-24-16)18-10-14-5-8-25(21,22)12-14/h2-3,7,13-15H,4-6,8-12H2,1H3,(H2,18,19,20). The fourth-order valence-corrected chi connectivity index (χ4v) is 5.80. The van der Waals surface area contributed by atoms with Gasteiger partial charge in [0.2, 0.25) is 0 Å². The SMILES string of the molecule is CC1CC(NC(=NCc2cccs2)NCC2CCS(=O)(=O)C2)CCO1. The predicted molar refractivity (Wildman–Crippen MR) is 102 cm³/mol. The molecule has 0 aliphatic carbocycles. The number of aliphatic imine (C=N–C) groups is 1. The van der Waals surface area contributed by atoms with Crippen molar-refractivity contribution >= 4 is 27.1 Å². The summed E-state index contributed by atoms with van der Waals surface area (Å²) in [7, 11) is -2.84. The molecule has 2 saturated heterocycles. The minimum Gasteiger partial charge on any atom is -0.378 e. The molecule has 0 radical (unpaired) electrons. The average molecular weight is 386 g/mol. The molecule has 3 rings (SSSR count). The fourth-order valence-electron chi connectivity index (χ4n) is 3.31. The number of ether oxygens (including phenoxy) is 1. The summed E-state index contributed by atoms with van der Waals surface area (Å²) in [6.45, 7) is 4.13. The molecule has 6 nitrogen and oxygen atoms in total. The largest absolute Gasteiger partial charge is 0.378 e. The molecule has 2 aliphatic heterocycles. The third-order valence-corrected chi connectivity index (χ3v) is 7.38. The summed E-state index contributed by atoms with van der Waals surface area (Å²) in [6, 6.07) is 4.44. The average Bonchev–Trinajstić information content (AvgIpc) is 3.19. The Hall–Kier alpha value is -1.12. The van der Waals surface area contributed by atoms with E-state index >= 15 is 0 Å². The van der Waals surface area contributed by atoms with E-state index in [-0.39, 0.29) is 17.8 Å². The van der Waals surface area contributed by atoms with Gasteiger partial charge in [0.1, 0.15) is 0 Å². The number of nitrogens with zero attached hydrogens (tertiary/aromatic N) is 1. The highest BCUT2D eigenvalue weighted by molar-refractivity contribution is 7.91. The molecular weight excluding hydrogens is 358 g/mol. The zero-order chi connectivity index (χ0) is 17.7. The summed E-state index contributed by atoms with van der Waals surface area (Å²) >= 11 is 1.69. The van der Waals surface area contributed by atoms with Crippen LogP contribution in [0.1, 0.15) is 31.1 Å². The van der Waals surface area contributed by atoms with E-state index in [1.165, 1.54) is 4.88 Å². The molecule has 140 valence electrons. The van der Waals surface area contributed by atoms with Crippen molar-refractivity contribution in [3.8, 4) is 0 Å². The Balaban J connectivity index is 1.58. The van der Waals surface area contributed by atoms with E-state index in [2.05, 4.69) is 29.0 Å². The van der Waals surface area contributed by atoms with Gasteiger partial charge in [0.25, 0.3) is 0 Å². The van der Waals surface area contributed by atoms with Gasteiger partial charge in [-0.05, 0) is 43.6 Å². The van der Waals surface area contributed by atoms with Crippen LogP contribution in [0.15, 0.2) is 22.5 Å². The molecule has 0 aromatic carbocycles. The van der Waals surface area contributed by atoms with E-state index in [0.29, 0.717) is 24.9 Å². The molecule has 0 amide bonds. The summed E-state index contributed by atoms with van der Waals surface area (Å²) in [4.78, 5) is 5.91. The van der Waals surface area contributed by atoms with Crippen LogP contribution in [0.2, 0.25) is 0 Å². The van der Waals surface area contributed by atoms with Crippen molar-refractivity contribution in [3.05, 3.63) is 22.4 Å². The number of thiophene rings is 1. The van der Waals surface area contributed by atoms with Crippen LogP contribution in [0.3, 0.4) is 0 Å². The number of sulfone groups is 1. The predicted octanol–water partition coefficient (Wildman–Crippen LogP) is 1.79. The Kier molecular flexibility index (Phi) is 6.35. The Labute approximate surface area is 154 Å². The van der Waals surface area contributed by atoms with Crippen LogP contribution >= 0.6 is 11.3 Å². The van der Waals surface area contributed by atoms with Crippen molar-refractivity contribution < 1.29 is 13.2 Å². The van der Waals surface area contributed by atoms with Gasteiger partial charge < -0.3 is 15.4 Å². The first-order valence-electron chi connectivity index (χ1n) is 8.89. The van der Waals surface area contributed by atoms with Crippen molar-refractivity contribution in [2.24, 2.45) is 10.9 Å². The van der Waals surface area contributed by atoms with Crippen LogP contribution in [0.5, 0.6) is 0 Å². The molecule has 2 N–H and O–H groups in total. The Morgan fingerprint density at radius 2 is 2.32 bits per heavy atom. The maximum absolute atomic E-state index is 11.6. The summed E-state index contributed by atoms with van der Waals surface area (Å²) in [6.07, 6.45) is 2.91. The molecule has 0 spiro atoms. The minimum absolute atomic E-state index is 0.173. The molecule has 2 fully saturated rings. The quantitative estimate of drug-likeness (QED) is 0.597. The monoisotopic (exact) mass is 385 g/mol. The van der Waals surface area contributed by atoms with E-state index in [1.807, 2.05) is 6.07 Å². The van der Waals surface area contributed by atoms with Crippen molar-refractivity contribution in [1.82, 2.24) is 10.6 Å². The summed E-state index contributed by atoms with van der Waals surface area (Å²) in [5.41, 5.74) is 0. The summed E-state index contributed by atoms with van der Waals surface area (Å²) in [5.74, 6) is 1.54. The maximum atomic E-state index is 11.6. The zero-order valence-corrected chi connectivity index (χ0v) is 16.2.